The molecule has 1 atom stereocenters. The number of nitrogens with two attached hydrogens (primary N) is 1. The molecule has 0 aliphatic carbocycles. The van der Waals surface area contributed by atoms with Gasteiger partial charge in [0.15, 0.2) is 11.6 Å². The molecule has 5 heteroatoms. The lowest BCUT2D eigenvalue weighted by Crippen LogP contribution is -2.38. The number of rotatable bonds is 5. The molecule has 19 heavy (non-hydrogen) atoms. The van der Waals surface area contributed by atoms with E-state index in [9.17, 15) is 8.78 Å². The Morgan fingerprint density at radius 1 is 1.11 bits per heavy atom. The van der Waals surface area contributed by atoms with Crippen LogP contribution in [-0.2, 0) is 12.8 Å². The van der Waals surface area contributed by atoms with Crippen molar-refractivity contribution in [2.24, 2.45) is 5.84 Å². The minimum Gasteiger partial charge on any atom is -0.271 e. The van der Waals surface area contributed by atoms with E-state index >= 15 is 0 Å². The van der Waals surface area contributed by atoms with E-state index in [0.29, 0.717) is 18.4 Å². The van der Waals surface area contributed by atoms with Crippen molar-refractivity contribution < 1.29 is 8.78 Å². The first-order chi connectivity index (χ1) is 9.19. The zero-order chi connectivity index (χ0) is 13.7. The summed E-state index contributed by atoms with van der Waals surface area (Å²) in [6.45, 7) is 0. The highest BCUT2D eigenvalue weighted by molar-refractivity contribution is 5.19. The molecule has 1 heterocycles. The minimum absolute atomic E-state index is 0.0836. The van der Waals surface area contributed by atoms with E-state index in [4.69, 9.17) is 5.84 Å². The van der Waals surface area contributed by atoms with Gasteiger partial charge in [0.05, 0.1) is 0 Å². The summed E-state index contributed by atoms with van der Waals surface area (Å²) in [5.74, 6) is 3.81. The Balaban J connectivity index is 2.04. The van der Waals surface area contributed by atoms with Gasteiger partial charge in [-0.2, -0.15) is 0 Å². The standard InChI is InChI=1S/C14H15F2N3/c15-13-5-4-10(8-14(13)16)7-12(19-17)9-11-3-1-2-6-18-11/h1-6,8,12,19H,7,9,17H2. The zero-order valence-corrected chi connectivity index (χ0v) is 10.3. The number of pyridine rings is 1. The summed E-state index contributed by atoms with van der Waals surface area (Å²) in [5, 5.41) is 0. The van der Waals surface area contributed by atoms with Crippen molar-refractivity contribution >= 4 is 0 Å². The molecule has 0 bridgehead atoms. The van der Waals surface area contributed by atoms with Gasteiger partial charge >= 0.3 is 0 Å². The Morgan fingerprint density at radius 2 is 1.95 bits per heavy atom. The molecule has 0 saturated heterocycles. The van der Waals surface area contributed by atoms with Crippen LogP contribution >= 0.6 is 0 Å². The van der Waals surface area contributed by atoms with E-state index in [1.165, 1.54) is 6.07 Å². The van der Waals surface area contributed by atoms with Gasteiger partial charge < -0.3 is 0 Å². The average molecular weight is 263 g/mol. The molecule has 2 rings (SSSR count). The fraction of sp³-hybridized carbons (Fsp3) is 0.214. The molecule has 0 aliphatic rings. The maximum atomic E-state index is 13.1. The summed E-state index contributed by atoms with van der Waals surface area (Å²) in [4.78, 5) is 4.21. The summed E-state index contributed by atoms with van der Waals surface area (Å²) in [6, 6.07) is 9.42. The topological polar surface area (TPSA) is 50.9 Å². The third-order valence-electron chi connectivity index (χ3n) is 2.88. The molecule has 2 aromatic rings. The molecule has 0 aliphatic heterocycles. The van der Waals surface area contributed by atoms with Crippen LogP contribution < -0.4 is 11.3 Å². The van der Waals surface area contributed by atoms with Crippen molar-refractivity contribution in [1.82, 2.24) is 10.4 Å². The Hall–Kier alpha value is -1.85. The summed E-state index contributed by atoms with van der Waals surface area (Å²) < 4.78 is 26.0. The second-order valence-corrected chi connectivity index (χ2v) is 4.34. The molecule has 0 saturated carbocycles. The number of hydrogen-bond donors (Lipinski definition) is 2. The number of hydrogen-bond acceptors (Lipinski definition) is 3. The van der Waals surface area contributed by atoms with Crippen LogP contribution in [0.4, 0.5) is 8.78 Å². The third-order valence-corrected chi connectivity index (χ3v) is 2.88. The van der Waals surface area contributed by atoms with Crippen molar-refractivity contribution in [2.45, 2.75) is 18.9 Å². The fourth-order valence-electron chi connectivity index (χ4n) is 1.91. The van der Waals surface area contributed by atoms with Gasteiger partial charge in [-0.05, 0) is 36.2 Å². The van der Waals surface area contributed by atoms with E-state index in [1.54, 1.807) is 12.3 Å². The molecule has 1 unspecified atom stereocenters. The first kappa shape index (κ1) is 13.6. The van der Waals surface area contributed by atoms with Crippen LogP contribution in [0.25, 0.3) is 0 Å². The molecule has 1 aromatic carbocycles. The number of benzene rings is 1. The molecule has 3 nitrogen and oxygen atoms in total. The number of hydrazine groups is 1. The van der Waals surface area contributed by atoms with E-state index in [0.717, 1.165) is 11.8 Å². The Kier molecular flexibility index (Phi) is 4.54. The van der Waals surface area contributed by atoms with Gasteiger partial charge in [0, 0.05) is 24.4 Å². The quantitative estimate of drug-likeness (QED) is 0.640. The molecule has 0 fully saturated rings. The Morgan fingerprint density at radius 3 is 2.58 bits per heavy atom. The van der Waals surface area contributed by atoms with Crippen molar-refractivity contribution in [3.8, 4) is 0 Å². The van der Waals surface area contributed by atoms with Crippen molar-refractivity contribution in [2.75, 3.05) is 0 Å². The molecule has 1 aromatic heterocycles. The molecular formula is C14H15F2N3. The van der Waals surface area contributed by atoms with Crippen LogP contribution in [0.1, 0.15) is 11.3 Å². The van der Waals surface area contributed by atoms with Gasteiger partial charge in [-0.25, -0.2) is 8.78 Å². The number of halogens is 2. The van der Waals surface area contributed by atoms with Crippen molar-refractivity contribution in [3.63, 3.8) is 0 Å². The molecular weight excluding hydrogens is 248 g/mol. The summed E-state index contributed by atoms with van der Waals surface area (Å²) in [5.41, 5.74) is 4.27. The predicted octanol–water partition coefficient (Wildman–Crippen LogP) is 1.98. The summed E-state index contributed by atoms with van der Waals surface area (Å²) in [7, 11) is 0. The number of nitrogens with one attached hydrogen (secondary N) is 1. The number of aromatic nitrogens is 1. The normalized spacial score (nSPS) is 12.4. The lowest BCUT2D eigenvalue weighted by Gasteiger charge is -2.15. The lowest BCUT2D eigenvalue weighted by molar-refractivity contribution is 0.496. The molecule has 0 radical (unpaired) electrons. The first-order valence-electron chi connectivity index (χ1n) is 5.99. The molecule has 0 amide bonds. The molecule has 100 valence electrons. The van der Waals surface area contributed by atoms with Gasteiger partial charge in [-0.15, -0.1) is 0 Å². The van der Waals surface area contributed by atoms with Crippen molar-refractivity contribution in [3.05, 3.63) is 65.5 Å². The van der Waals surface area contributed by atoms with E-state index in [1.807, 2.05) is 18.2 Å². The van der Waals surface area contributed by atoms with Gasteiger partial charge in [0.1, 0.15) is 0 Å². The van der Waals surface area contributed by atoms with Gasteiger partial charge in [0.25, 0.3) is 0 Å². The lowest BCUT2D eigenvalue weighted by atomic mass is 10.0. The Labute approximate surface area is 110 Å². The second kappa shape index (κ2) is 6.36. The predicted molar refractivity (Wildman–Crippen MR) is 69.1 cm³/mol. The van der Waals surface area contributed by atoms with Crippen LogP contribution in [0.15, 0.2) is 42.6 Å². The highest BCUT2D eigenvalue weighted by Gasteiger charge is 2.11. The number of nitrogens with zero attached hydrogens (tertiary/aromatic N) is 1. The zero-order valence-electron chi connectivity index (χ0n) is 10.3. The maximum Gasteiger partial charge on any atom is 0.159 e. The largest absolute Gasteiger partial charge is 0.271 e. The molecule has 3 N–H and O–H groups in total. The fourth-order valence-corrected chi connectivity index (χ4v) is 1.91. The highest BCUT2D eigenvalue weighted by Crippen LogP contribution is 2.12. The summed E-state index contributed by atoms with van der Waals surface area (Å²) >= 11 is 0. The highest BCUT2D eigenvalue weighted by atomic mass is 19.2. The van der Waals surface area contributed by atoms with Crippen molar-refractivity contribution in [1.29, 1.82) is 0 Å². The van der Waals surface area contributed by atoms with Crippen LogP contribution in [0, 0.1) is 11.6 Å². The first-order valence-corrected chi connectivity index (χ1v) is 5.99. The van der Waals surface area contributed by atoms with E-state index < -0.39 is 11.6 Å². The second-order valence-electron chi connectivity index (χ2n) is 4.34. The molecule has 0 spiro atoms. The van der Waals surface area contributed by atoms with Crippen LogP contribution in [-0.4, -0.2) is 11.0 Å². The smallest absolute Gasteiger partial charge is 0.159 e. The van der Waals surface area contributed by atoms with E-state index in [2.05, 4.69) is 10.4 Å². The average Bonchev–Trinajstić information content (AvgIpc) is 2.43. The summed E-state index contributed by atoms with van der Waals surface area (Å²) in [6.07, 6.45) is 2.83. The van der Waals surface area contributed by atoms with Crippen LogP contribution in [0.2, 0.25) is 0 Å². The SMILES string of the molecule is NNC(Cc1ccc(F)c(F)c1)Cc1ccccn1. The van der Waals surface area contributed by atoms with Crippen LogP contribution in [0.3, 0.4) is 0 Å². The van der Waals surface area contributed by atoms with Gasteiger partial charge in [0.2, 0.25) is 0 Å². The third kappa shape index (κ3) is 3.81. The van der Waals surface area contributed by atoms with Gasteiger partial charge in [-0.1, -0.05) is 12.1 Å². The monoisotopic (exact) mass is 263 g/mol. The Bertz CT molecular complexity index is 531. The van der Waals surface area contributed by atoms with Gasteiger partial charge in [-0.3, -0.25) is 16.3 Å². The van der Waals surface area contributed by atoms with Crippen LogP contribution in [0.5, 0.6) is 0 Å². The van der Waals surface area contributed by atoms with E-state index in [-0.39, 0.29) is 6.04 Å². The maximum absolute atomic E-state index is 13.1. The minimum atomic E-state index is -0.842.